The van der Waals surface area contributed by atoms with Gasteiger partial charge in [0.15, 0.2) is 0 Å². The highest BCUT2D eigenvalue weighted by Crippen LogP contribution is 2.19. The Morgan fingerprint density at radius 1 is 1.00 bits per heavy atom. The van der Waals surface area contributed by atoms with Gasteiger partial charge in [0.05, 0.1) is 25.4 Å². The molecule has 3 atom stereocenters. The van der Waals surface area contributed by atoms with Gasteiger partial charge in [-0.2, -0.15) is 12.6 Å². The summed E-state index contributed by atoms with van der Waals surface area (Å²) in [6.45, 7) is 10.7. The van der Waals surface area contributed by atoms with E-state index >= 15 is 0 Å². The lowest BCUT2D eigenvalue weighted by molar-refractivity contribution is -0.0667. The summed E-state index contributed by atoms with van der Waals surface area (Å²) in [5.41, 5.74) is 0. The number of hydrogen-bond donors (Lipinski definition) is 1. The Balaban J connectivity index is 4.12. The molecule has 0 amide bonds. The van der Waals surface area contributed by atoms with Crippen molar-refractivity contribution in [3.63, 3.8) is 0 Å². The molecule has 0 saturated carbocycles. The zero-order valence-corrected chi connectivity index (χ0v) is 13.4. The third-order valence-corrected chi connectivity index (χ3v) is 3.31. The molecule has 0 aromatic rings. The van der Waals surface area contributed by atoms with Crippen molar-refractivity contribution in [2.24, 2.45) is 11.8 Å². The fourth-order valence-electron chi connectivity index (χ4n) is 1.71. The van der Waals surface area contributed by atoms with Crippen LogP contribution >= 0.6 is 12.6 Å². The number of hydrogen-bond acceptors (Lipinski definition) is 4. The lowest BCUT2D eigenvalue weighted by Crippen LogP contribution is -2.33. The highest BCUT2D eigenvalue weighted by Gasteiger charge is 2.23. The number of rotatable bonds is 11. The van der Waals surface area contributed by atoms with E-state index in [-0.39, 0.29) is 12.2 Å². The lowest BCUT2D eigenvalue weighted by atomic mass is 9.97. The summed E-state index contributed by atoms with van der Waals surface area (Å²) in [6.07, 6.45) is 1.35. The summed E-state index contributed by atoms with van der Waals surface area (Å²) < 4.78 is 16.7. The molecule has 0 rings (SSSR count). The Labute approximate surface area is 118 Å². The fourth-order valence-corrected chi connectivity index (χ4v) is 1.96. The first-order valence-electron chi connectivity index (χ1n) is 6.85. The summed E-state index contributed by atoms with van der Waals surface area (Å²) in [7, 11) is 1.69. The molecule has 0 fully saturated rings. The van der Waals surface area contributed by atoms with Crippen LogP contribution in [0.3, 0.4) is 0 Å². The van der Waals surface area contributed by atoms with Crippen LogP contribution in [0.4, 0.5) is 0 Å². The van der Waals surface area contributed by atoms with Crippen LogP contribution in [0.1, 0.15) is 34.1 Å². The summed E-state index contributed by atoms with van der Waals surface area (Å²) >= 11 is 4.30. The summed E-state index contributed by atoms with van der Waals surface area (Å²) in [4.78, 5) is 0. The monoisotopic (exact) mass is 278 g/mol. The maximum Gasteiger partial charge on any atom is 0.0704 e. The van der Waals surface area contributed by atoms with E-state index in [1.165, 1.54) is 0 Å². The topological polar surface area (TPSA) is 27.7 Å². The van der Waals surface area contributed by atoms with Gasteiger partial charge in [-0.25, -0.2) is 0 Å². The molecule has 0 radical (unpaired) electrons. The van der Waals surface area contributed by atoms with E-state index < -0.39 is 0 Å². The van der Waals surface area contributed by atoms with Crippen LogP contribution < -0.4 is 0 Å². The summed E-state index contributed by atoms with van der Waals surface area (Å²) in [6, 6.07) is 0. The van der Waals surface area contributed by atoms with Crippen LogP contribution in [0.5, 0.6) is 0 Å². The molecule has 0 aromatic heterocycles. The van der Waals surface area contributed by atoms with Crippen molar-refractivity contribution in [3.05, 3.63) is 0 Å². The lowest BCUT2D eigenvalue weighted by Gasteiger charge is -2.29. The first-order chi connectivity index (χ1) is 8.52. The van der Waals surface area contributed by atoms with Gasteiger partial charge >= 0.3 is 0 Å². The average molecular weight is 278 g/mol. The van der Waals surface area contributed by atoms with Crippen molar-refractivity contribution in [1.29, 1.82) is 0 Å². The van der Waals surface area contributed by atoms with Crippen LogP contribution in [0.25, 0.3) is 0 Å². The molecule has 0 aliphatic carbocycles. The molecule has 0 bridgehead atoms. The van der Waals surface area contributed by atoms with Gasteiger partial charge < -0.3 is 14.2 Å². The van der Waals surface area contributed by atoms with Gasteiger partial charge in [0.25, 0.3) is 0 Å². The normalized spacial score (nSPS) is 16.8. The molecular weight excluding hydrogens is 248 g/mol. The molecule has 0 aliphatic rings. The van der Waals surface area contributed by atoms with E-state index in [0.29, 0.717) is 25.0 Å². The third kappa shape index (κ3) is 8.35. The summed E-state index contributed by atoms with van der Waals surface area (Å²) in [5.74, 6) is 1.77. The highest BCUT2D eigenvalue weighted by molar-refractivity contribution is 7.80. The molecule has 3 nitrogen and oxygen atoms in total. The average Bonchev–Trinajstić information content (AvgIpc) is 2.34. The zero-order chi connectivity index (χ0) is 14.0. The zero-order valence-electron chi connectivity index (χ0n) is 12.5. The molecule has 4 heteroatoms. The minimum absolute atomic E-state index is 0.194. The predicted octanol–water partition coefficient (Wildman–Crippen LogP) is 3.04. The van der Waals surface area contributed by atoms with Gasteiger partial charge in [0.1, 0.15) is 0 Å². The van der Waals surface area contributed by atoms with Gasteiger partial charge in [0, 0.05) is 19.6 Å². The van der Waals surface area contributed by atoms with E-state index in [9.17, 15) is 0 Å². The Kier molecular flexibility index (Phi) is 11.2. The highest BCUT2D eigenvalue weighted by atomic mass is 32.1. The van der Waals surface area contributed by atoms with E-state index in [2.05, 4.69) is 40.3 Å². The van der Waals surface area contributed by atoms with Crippen molar-refractivity contribution >= 4 is 12.6 Å². The molecule has 0 aromatic carbocycles. The van der Waals surface area contributed by atoms with Crippen molar-refractivity contribution in [2.75, 3.05) is 32.7 Å². The predicted molar refractivity (Wildman–Crippen MR) is 79.5 cm³/mol. The molecule has 0 saturated heterocycles. The van der Waals surface area contributed by atoms with Crippen molar-refractivity contribution < 1.29 is 14.2 Å². The number of methoxy groups -OCH3 is 1. The fraction of sp³-hybridized carbons (Fsp3) is 1.00. The molecule has 3 unspecified atom stereocenters. The van der Waals surface area contributed by atoms with Crippen LogP contribution in [-0.4, -0.2) is 44.9 Å². The largest absolute Gasteiger partial charge is 0.382 e. The van der Waals surface area contributed by atoms with Gasteiger partial charge in [0.2, 0.25) is 0 Å². The van der Waals surface area contributed by atoms with Crippen LogP contribution in [0.15, 0.2) is 0 Å². The molecule has 0 aliphatic heterocycles. The Morgan fingerprint density at radius 2 is 1.67 bits per heavy atom. The first-order valence-corrected chi connectivity index (χ1v) is 7.49. The van der Waals surface area contributed by atoms with E-state index in [4.69, 9.17) is 14.2 Å². The van der Waals surface area contributed by atoms with Crippen LogP contribution in [0.2, 0.25) is 0 Å². The standard InChI is InChI=1S/C14H30O3S/c1-11(2)10-17-13(4)12(3)14(6-9-18)16-8-7-15-5/h11-14,18H,6-10H2,1-5H3. The summed E-state index contributed by atoms with van der Waals surface area (Å²) in [5, 5.41) is 0. The van der Waals surface area contributed by atoms with Crippen molar-refractivity contribution in [3.8, 4) is 0 Å². The van der Waals surface area contributed by atoms with Gasteiger partial charge in [-0.1, -0.05) is 20.8 Å². The molecular formula is C14H30O3S. The Morgan fingerprint density at radius 3 is 2.17 bits per heavy atom. The van der Waals surface area contributed by atoms with Crippen molar-refractivity contribution in [2.45, 2.75) is 46.3 Å². The molecule has 0 spiro atoms. The van der Waals surface area contributed by atoms with Gasteiger partial charge in [-0.05, 0) is 25.0 Å². The maximum atomic E-state index is 5.86. The second-order valence-corrected chi connectivity index (χ2v) is 5.65. The SMILES string of the molecule is COCCOC(CCS)C(C)C(C)OCC(C)C. The van der Waals surface area contributed by atoms with E-state index in [1.54, 1.807) is 7.11 Å². The minimum atomic E-state index is 0.194. The third-order valence-electron chi connectivity index (χ3n) is 3.05. The first kappa shape index (κ1) is 18.2. The van der Waals surface area contributed by atoms with E-state index in [1.807, 2.05) is 0 Å². The Hall–Kier alpha value is 0.230. The Bertz CT molecular complexity index is 188. The molecule has 0 N–H and O–H groups in total. The molecule has 18 heavy (non-hydrogen) atoms. The van der Waals surface area contributed by atoms with Gasteiger partial charge in [-0.3, -0.25) is 0 Å². The minimum Gasteiger partial charge on any atom is -0.382 e. The van der Waals surface area contributed by atoms with Gasteiger partial charge in [-0.15, -0.1) is 0 Å². The van der Waals surface area contributed by atoms with Crippen LogP contribution in [-0.2, 0) is 14.2 Å². The smallest absolute Gasteiger partial charge is 0.0704 e. The quantitative estimate of drug-likeness (QED) is 0.465. The maximum absolute atomic E-state index is 5.86. The van der Waals surface area contributed by atoms with Crippen molar-refractivity contribution in [1.82, 2.24) is 0 Å². The molecule has 110 valence electrons. The van der Waals surface area contributed by atoms with Crippen LogP contribution in [0, 0.1) is 11.8 Å². The number of thiol groups is 1. The second-order valence-electron chi connectivity index (χ2n) is 5.21. The molecule has 0 heterocycles. The second kappa shape index (κ2) is 11.1. The number of ether oxygens (including phenoxy) is 3. The van der Waals surface area contributed by atoms with E-state index in [0.717, 1.165) is 18.8 Å².